The Morgan fingerprint density at radius 3 is 2.48 bits per heavy atom. The van der Waals surface area contributed by atoms with E-state index in [1.807, 2.05) is 13.0 Å². The summed E-state index contributed by atoms with van der Waals surface area (Å²) in [7, 11) is 2.11. The molecule has 0 bridgehead atoms. The van der Waals surface area contributed by atoms with Crippen LogP contribution in [0.15, 0.2) is 53.5 Å². The fraction of sp³-hybridized carbons (Fsp3) is 0.381. The maximum absolute atomic E-state index is 13.8. The van der Waals surface area contributed by atoms with Gasteiger partial charge in [0.05, 0.1) is 6.54 Å². The molecule has 0 aliphatic rings. The highest BCUT2D eigenvalue weighted by molar-refractivity contribution is 14.0. The molecular weight excluding hydrogens is 454 g/mol. The van der Waals surface area contributed by atoms with E-state index < -0.39 is 0 Å². The van der Waals surface area contributed by atoms with Gasteiger partial charge in [0.2, 0.25) is 0 Å². The Morgan fingerprint density at radius 1 is 1.04 bits per heavy atom. The summed E-state index contributed by atoms with van der Waals surface area (Å²) in [5.41, 5.74) is 3.07. The van der Waals surface area contributed by atoms with Crippen LogP contribution in [0.25, 0.3) is 0 Å². The van der Waals surface area contributed by atoms with E-state index in [1.54, 1.807) is 12.1 Å². The van der Waals surface area contributed by atoms with Gasteiger partial charge in [0.25, 0.3) is 0 Å². The number of nitrogens with zero attached hydrogens (tertiary/aromatic N) is 2. The van der Waals surface area contributed by atoms with Gasteiger partial charge >= 0.3 is 0 Å². The molecule has 0 aliphatic carbocycles. The van der Waals surface area contributed by atoms with E-state index in [1.165, 1.54) is 11.6 Å². The Balaban J connectivity index is 0.00000364. The van der Waals surface area contributed by atoms with E-state index in [-0.39, 0.29) is 29.8 Å². The van der Waals surface area contributed by atoms with Crippen LogP contribution in [0.2, 0.25) is 0 Å². The highest BCUT2D eigenvalue weighted by Crippen LogP contribution is 2.09. The van der Waals surface area contributed by atoms with Crippen LogP contribution in [0, 0.1) is 5.82 Å². The third kappa shape index (κ3) is 8.26. The highest BCUT2D eigenvalue weighted by Gasteiger charge is 2.03. The smallest absolute Gasteiger partial charge is 0.191 e. The minimum absolute atomic E-state index is 0. The first-order chi connectivity index (χ1) is 12.6. The number of benzene rings is 2. The topological polar surface area (TPSA) is 39.7 Å². The second kappa shape index (κ2) is 12.7. The van der Waals surface area contributed by atoms with Crippen LogP contribution in [0.5, 0.6) is 0 Å². The van der Waals surface area contributed by atoms with Gasteiger partial charge in [-0.25, -0.2) is 9.38 Å². The van der Waals surface area contributed by atoms with Crippen molar-refractivity contribution >= 4 is 29.9 Å². The Morgan fingerprint density at radius 2 is 1.78 bits per heavy atom. The Labute approximate surface area is 179 Å². The summed E-state index contributed by atoms with van der Waals surface area (Å²) in [6.07, 6.45) is 0. The molecule has 0 atom stereocenters. The lowest BCUT2D eigenvalue weighted by Crippen LogP contribution is -2.37. The first kappa shape index (κ1) is 23.4. The number of halogens is 2. The van der Waals surface area contributed by atoms with Crippen LogP contribution < -0.4 is 10.6 Å². The van der Waals surface area contributed by atoms with E-state index in [0.29, 0.717) is 24.6 Å². The quantitative estimate of drug-likeness (QED) is 0.336. The predicted molar refractivity (Wildman–Crippen MR) is 122 cm³/mol. The van der Waals surface area contributed by atoms with E-state index in [4.69, 9.17) is 0 Å². The molecule has 27 heavy (non-hydrogen) atoms. The van der Waals surface area contributed by atoms with Gasteiger partial charge in [0.15, 0.2) is 5.96 Å². The zero-order valence-electron chi connectivity index (χ0n) is 16.3. The normalized spacial score (nSPS) is 11.2. The van der Waals surface area contributed by atoms with E-state index >= 15 is 0 Å². The zero-order valence-corrected chi connectivity index (χ0v) is 18.7. The van der Waals surface area contributed by atoms with Gasteiger partial charge in [-0.3, -0.25) is 0 Å². The number of aliphatic imine (C=N–C) groups is 1. The average Bonchev–Trinajstić information content (AvgIpc) is 2.65. The van der Waals surface area contributed by atoms with Crippen LogP contribution in [-0.2, 0) is 19.6 Å². The monoisotopic (exact) mass is 484 g/mol. The number of guanidine groups is 1. The van der Waals surface area contributed by atoms with Crippen molar-refractivity contribution in [3.8, 4) is 0 Å². The van der Waals surface area contributed by atoms with Crippen LogP contribution >= 0.6 is 24.0 Å². The molecule has 0 aromatic heterocycles. The van der Waals surface area contributed by atoms with Gasteiger partial charge < -0.3 is 15.5 Å². The number of rotatable bonds is 8. The minimum Gasteiger partial charge on any atom is -0.357 e. The fourth-order valence-electron chi connectivity index (χ4n) is 2.58. The highest BCUT2D eigenvalue weighted by atomic mass is 127. The standard InChI is InChI=1S/C21H29FN4.HI/c1-4-23-21(25-15-19-11-6-7-12-20(19)22)24-14-17-9-8-10-18(13-17)16-26(3)5-2;/h6-13H,4-5,14-16H2,1-3H3,(H2,23,24,25);1H. The molecule has 4 nitrogen and oxygen atoms in total. The lowest BCUT2D eigenvalue weighted by molar-refractivity contribution is 0.345. The third-order valence-electron chi connectivity index (χ3n) is 4.15. The first-order valence-electron chi connectivity index (χ1n) is 9.14. The summed E-state index contributed by atoms with van der Waals surface area (Å²) in [4.78, 5) is 6.89. The van der Waals surface area contributed by atoms with Gasteiger partial charge in [-0.2, -0.15) is 0 Å². The molecule has 6 heteroatoms. The van der Waals surface area contributed by atoms with Crippen molar-refractivity contribution in [2.45, 2.75) is 33.5 Å². The van der Waals surface area contributed by atoms with Gasteiger partial charge in [0, 0.05) is 25.2 Å². The minimum atomic E-state index is -0.205. The van der Waals surface area contributed by atoms with Crippen molar-refractivity contribution < 1.29 is 4.39 Å². The average molecular weight is 484 g/mol. The summed E-state index contributed by atoms with van der Waals surface area (Å²) in [5.74, 6) is 0.482. The Bertz CT molecular complexity index is 721. The molecule has 2 aromatic carbocycles. The summed E-state index contributed by atoms with van der Waals surface area (Å²) in [6, 6.07) is 15.3. The Kier molecular flexibility index (Phi) is 11.0. The molecule has 0 saturated carbocycles. The lowest BCUT2D eigenvalue weighted by Gasteiger charge is -2.14. The van der Waals surface area contributed by atoms with Gasteiger partial charge in [0.1, 0.15) is 5.82 Å². The summed E-state index contributed by atoms with van der Waals surface area (Å²) in [6.45, 7) is 7.85. The number of hydrogen-bond donors (Lipinski definition) is 2. The number of nitrogens with one attached hydrogen (secondary N) is 2. The molecule has 2 rings (SSSR count). The van der Waals surface area contributed by atoms with Crippen LogP contribution in [0.3, 0.4) is 0 Å². The van der Waals surface area contributed by atoms with E-state index in [0.717, 1.165) is 25.2 Å². The van der Waals surface area contributed by atoms with E-state index in [2.05, 4.69) is 58.8 Å². The van der Waals surface area contributed by atoms with Crippen LogP contribution in [0.4, 0.5) is 4.39 Å². The maximum atomic E-state index is 13.8. The fourth-order valence-corrected chi connectivity index (χ4v) is 2.58. The molecule has 0 spiro atoms. The number of hydrogen-bond acceptors (Lipinski definition) is 2. The summed E-state index contributed by atoms with van der Waals surface area (Å²) in [5, 5.41) is 6.40. The molecule has 0 saturated heterocycles. The second-order valence-corrected chi connectivity index (χ2v) is 6.29. The van der Waals surface area contributed by atoms with Crippen molar-refractivity contribution in [2.75, 3.05) is 20.1 Å². The first-order valence-corrected chi connectivity index (χ1v) is 9.14. The van der Waals surface area contributed by atoms with Crippen molar-refractivity contribution in [3.63, 3.8) is 0 Å². The van der Waals surface area contributed by atoms with E-state index in [9.17, 15) is 4.39 Å². The second-order valence-electron chi connectivity index (χ2n) is 6.29. The third-order valence-corrected chi connectivity index (χ3v) is 4.15. The zero-order chi connectivity index (χ0) is 18.8. The van der Waals surface area contributed by atoms with Gasteiger partial charge in [-0.05, 0) is 37.7 Å². The van der Waals surface area contributed by atoms with Crippen LogP contribution in [-0.4, -0.2) is 31.0 Å². The van der Waals surface area contributed by atoms with Crippen molar-refractivity contribution in [1.82, 2.24) is 15.5 Å². The van der Waals surface area contributed by atoms with Gasteiger partial charge in [-0.1, -0.05) is 49.4 Å². The molecular formula is C21H30FIN4. The molecule has 2 aromatic rings. The summed E-state index contributed by atoms with van der Waals surface area (Å²) >= 11 is 0. The summed E-state index contributed by atoms with van der Waals surface area (Å²) < 4.78 is 13.8. The van der Waals surface area contributed by atoms with Crippen molar-refractivity contribution in [3.05, 3.63) is 71.0 Å². The molecule has 0 unspecified atom stereocenters. The Hall–Kier alpha value is -1.67. The molecule has 148 valence electrons. The lowest BCUT2D eigenvalue weighted by atomic mass is 10.1. The maximum Gasteiger partial charge on any atom is 0.191 e. The molecule has 0 heterocycles. The molecule has 0 fully saturated rings. The van der Waals surface area contributed by atoms with Crippen LogP contribution in [0.1, 0.15) is 30.5 Å². The van der Waals surface area contributed by atoms with Crippen molar-refractivity contribution in [1.29, 1.82) is 0 Å². The largest absolute Gasteiger partial charge is 0.357 e. The molecule has 0 aliphatic heterocycles. The SMILES string of the molecule is CCNC(=NCc1cccc(CN(C)CC)c1)NCc1ccccc1F.I. The molecule has 2 N–H and O–H groups in total. The van der Waals surface area contributed by atoms with Crippen molar-refractivity contribution in [2.24, 2.45) is 4.99 Å². The molecule has 0 radical (unpaired) electrons. The molecule has 0 amide bonds. The van der Waals surface area contributed by atoms with Gasteiger partial charge in [-0.15, -0.1) is 24.0 Å². The predicted octanol–water partition coefficient (Wildman–Crippen LogP) is 4.15.